The van der Waals surface area contributed by atoms with E-state index in [2.05, 4.69) is 19.2 Å². The summed E-state index contributed by atoms with van der Waals surface area (Å²) in [6.07, 6.45) is 2.66. The predicted octanol–water partition coefficient (Wildman–Crippen LogP) is 8.83. The average Bonchev–Trinajstić information content (AvgIpc) is 3.31. The second-order valence-corrected chi connectivity index (χ2v) is 13.2. The second kappa shape index (κ2) is 14.1. The van der Waals surface area contributed by atoms with E-state index in [0.29, 0.717) is 55.4 Å². The molecule has 0 saturated carbocycles. The van der Waals surface area contributed by atoms with Crippen molar-refractivity contribution in [3.8, 4) is 28.8 Å². The fourth-order valence-corrected chi connectivity index (χ4v) is 6.29. The fraction of sp³-hybridized carbons (Fsp3) is 0.306. The molecule has 5 rings (SSSR count). The minimum Gasteiger partial charge on any atom is -0.497 e. The molecule has 9 nitrogen and oxygen atoms in total. The Kier molecular flexibility index (Phi) is 10.2. The van der Waals surface area contributed by atoms with E-state index in [1.54, 1.807) is 49.2 Å². The Hall–Kier alpha value is -4.47. The number of hydrogen-bond donors (Lipinski definition) is 2. The summed E-state index contributed by atoms with van der Waals surface area (Å²) in [5, 5.41) is 16.0. The predicted molar refractivity (Wildman–Crippen MR) is 186 cm³/mol. The van der Waals surface area contributed by atoms with Crippen LogP contribution < -0.4 is 14.8 Å². The SMILES string of the molecule is COc1ccc(Cn2cc3nc(-c4c(Cl)cccc4Cl)nc(Nc4ccc(CC(=O)OC(C)(C)CC(C)C)cc4)c3c2O)c(OC)c1. The molecule has 0 atom stereocenters. The largest absolute Gasteiger partial charge is 0.497 e. The third-order valence-corrected chi connectivity index (χ3v) is 8.22. The van der Waals surface area contributed by atoms with Crippen molar-refractivity contribution < 1.29 is 24.1 Å². The molecule has 5 aromatic rings. The molecule has 246 valence electrons. The summed E-state index contributed by atoms with van der Waals surface area (Å²) in [5.41, 5.74) is 2.72. The molecule has 0 aliphatic rings. The van der Waals surface area contributed by atoms with Crippen molar-refractivity contribution in [1.82, 2.24) is 14.5 Å². The van der Waals surface area contributed by atoms with E-state index in [4.69, 9.17) is 47.4 Å². The summed E-state index contributed by atoms with van der Waals surface area (Å²) < 4.78 is 18.3. The first-order chi connectivity index (χ1) is 22.4. The van der Waals surface area contributed by atoms with Crippen molar-refractivity contribution in [1.29, 1.82) is 0 Å². The quantitative estimate of drug-likeness (QED) is 0.126. The van der Waals surface area contributed by atoms with Crippen LogP contribution in [0.2, 0.25) is 10.0 Å². The summed E-state index contributed by atoms with van der Waals surface area (Å²) >= 11 is 13.1. The first-order valence-corrected chi connectivity index (χ1v) is 16.0. The number of hydrogen-bond acceptors (Lipinski definition) is 8. The molecule has 2 N–H and O–H groups in total. The number of ether oxygens (including phenoxy) is 3. The van der Waals surface area contributed by atoms with Gasteiger partial charge in [-0.3, -0.25) is 4.79 Å². The Balaban J connectivity index is 1.49. The Morgan fingerprint density at radius 2 is 1.70 bits per heavy atom. The zero-order chi connectivity index (χ0) is 33.9. The second-order valence-electron chi connectivity index (χ2n) is 12.3. The highest BCUT2D eigenvalue weighted by Gasteiger charge is 2.25. The van der Waals surface area contributed by atoms with Crippen LogP contribution in [0.5, 0.6) is 17.4 Å². The highest BCUT2D eigenvalue weighted by molar-refractivity contribution is 6.39. The molecule has 11 heteroatoms. The summed E-state index contributed by atoms with van der Waals surface area (Å²) in [4.78, 5) is 22.2. The maximum absolute atomic E-state index is 12.7. The number of aromatic hydroxyl groups is 1. The van der Waals surface area contributed by atoms with E-state index in [1.807, 2.05) is 50.2 Å². The maximum atomic E-state index is 12.7. The molecule has 47 heavy (non-hydrogen) atoms. The summed E-state index contributed by atoms with van der Waals surface area (Å²) in [7, 11) is 3.17. The molecule has 0 unspecified atom stereocenters. The van der Waals surface area contributed by atoms with Crippen molar-refractivity contribution in [2.45, 2.75) is 52.7 Å². The minimum atomic E-state index is -0.537. The van der Waals surface area contributed by atoms with Gasteiger partial charge in [0, 0.05) is 23.5 Å². The number of carbonyl (C=O) groups is 1. The summed E-state index contributed by atoms with van der Waals surface area (Å²) in [5.74, 6) is 1.99. The molecule has 0 spiro atoms. The van der Waals surface area contributed by atoms with Gasteiger partial charge in [0.2, 0.25) is 5.88 Å². The number of benzene rings is 3. The van der Waals surface area contributed by atoms with E-state index in [-0.39, 0.29) is 30.6 Å². The van der Waals surface area contributed by atoms with Gasteiger partial charge in [-0.1, -0.05) is 55.2 Å². The molecular formula is C36H38Cl2N4O5. The molecule has 0 amide bonds. The summed E-state index contributed by atoms with van der Waals surface area (Å²) in [6.45, 7) is 8.36. The molecule has 3 aromatic carbocycles. The molecular weight excluding hydrogens is 639 g/mol. The van der Waals surface area contributed by atoms with Crippen LogP contribution in [0, 0.1) is 5.92 Å². The van der Waals surface area contributed by atoms with E-state index < -0.39 is 5.60 Å². The van der Waals surface area contributed by atoms with E-state index >= 15 is 0 Å². The smallest absolute Gasteiger partial charge is 0.310 e. The number of rotatable bonds is 12. The molecule has 0 saturated heterocycles. The Morgan fingerprint density at radius 3 is 2.34 bits per heavy atom. The number of esters is 1. The van der Waals surface area contributed by atoms with Gasteiger partial charge in [0.15, 0.2) is 5.82 Å². The van der Waals surface area contributed by atoms with Crippen LogP contribution in [0.4, 0.5) is 11.5 Å². The molecule has 2 heterocycles. The van der Waals surface area contributed by atoms with Crippen molar-refractivity contribution in [2.75, 3.05) is 19.5 Å². The number of anilines is 2. The number of nitrogens with one attached hydrogen (secondary N) is 1. The highest BCUT2D eigenvalue weighted by atomic mass is 35.5. The van der Waals surface area contributed by atoms with Crippen LogP contribution in [0.3, 0.4) is 0 Å². The van der Waals surface area contributed by atoms with E-state index in [1.165, 1.54) is 0 Å². The topological polar surface area (TPSA) is 108 Å². The van der Waals surface area contributed by atoms with Crippen LogP contribution in [0.1, 0.15) is 45.2 Å². The Bertz CT molecular complexity index is 1880. The van der Waals surface area contributed by atoms with Crippen molar-refractivity contribution >= 4 is 51.6 Å². The fourth-order valence-electron chi connectivity index (χ4n) is 5.72. The third kappa shape index (κ3) is 7.92. The number of nitrogens with zero attached hydrogens (tertiary/aromatic N) is 3. The number of halogens is 2. The van der Waals surface area contributed by atoms with Gasteiger partial charge < -0.3 is 29.2 Å². The number of methoxy groups -OCH3 is 2. The number of fused-ring (bicyclic) bond motifs is 1. The van der Waals surface area contributed by atoms with Gasteiger partial charge in [-0.05, 0) is 68.1 Å². The Morgan fingerprint density at radius 1 is 1.00 bits per heavy atom. The zero-order valence-electron chi connectivity index (χ0n) is 27.2. The molecule has 2 aromatic heterocycles. The third-order valence-electron chi connectivity index (χ3n) is 7.59. The van der Waals surface area contributed by atoms with Gasteiger partial charge in [0.05, 0.1) is 48.3 Å². The van der Waals surface area contributed by atoms with Gasteiger partial charge in [0.25, 0.3) is 0 Å². The maximum Gasteiger partial charge on any atom is 0.310 e. The molecule has 0 radical (unpaired) electrons. The lowest BCUT2D eigenvalue weighted by atomic mass is 9.96. The average molecular weight is 678 g/mol. The van der Waals surface area contributed by atoms with Crippen LogP contribution >= 0.6 is 23.2 Å². The van der Waals surface area contributed by atoms with Crippen LogP contribution in [0.15, 0.2) is 66.9 Å². The lowest BCUT2D eigenvalue weighted by Gasteiger charge is -2.27. The van der Waals surface area contributed by atoms with Crippen LogP contribution in [-0.4, -0.2) is 45.4 Å². The number of aromatic nitrogens is 3. The lowest BCUT2D eigenvalue weighted by Crippen LogP contribution is -2.30. The molecule has 0 fully saturated rings. The van der Waals surface area contributed by atoms with E-state index in [9.17, 15) is 9.90 Å². The van der Waals surface area contributed by atoms with Gasteiger partial charge in [-0.15, -0.1) is 0 Å². The van der Waals surface area contributed by atoms with E-state index in [0.717, 1.165) is 17.5 Å². The zero-order valence-corrected chi connectivity index (χ0v) is 28.7. The van der Waals surface area contributed by atoms with Crippen molar-refractivity contribution in [3.63, 3.8) is 0 Å². The first kappa shape index (κ1) is 33.9. The molecule has 0 bridgehead atoms. The van der Waals surface area contributed by atoms with Gasteiger partial charge in [-0.2, -0.15) is 0 Å². The lowest BCUT2D eigenvalue weighted by molar-refractivity contribution is -0.156. The van der Waals surface area contributed by atoms with Gasteiger partial charge >= 0.3 is 5.97 Å². The van der Waals surface area contributed by atoms with Crippen molar-refractivity contribution in [2.24, 2.45) is 5.92 Å². The van der Waals surface area contributed by atoms with Gasteiger partial charge in [-0.25, -0.2) is 9.97 Å². The van der Waals surface area contributed by atoms with Gasteiger partial charge in [0.1, 0.15) is 28.3 Å². The standard InChI is InChI=1S/C36H38Cl2N4O5/c1-21(2)18-36(3,4)47-30(43)16-22-10-13-24(14-11-22)39-34-32-28(40-33(41-34)31-26(37)8-7-9-27(31)38)20-42(35(32)44)19-23-12-15-25(45-5)17-29(23)46-6/h7-15,17,20-21,44H,16,18-19H2,1-6H3,(H,39,40,41). The highest BCUT2D eigenvalue weighted by Crippen LogP contribution is 2.39. The molecule has 0 aliphatic carbocycles. The van der Waals surface area contributed by atoms with Crippen molar-refractivity contribution in [3.05, 3.63) is 88.0 Å². The minimum absolute atomic E-state index is 0.0412. The Labute approximate surface area is 284 Å². The normalized spacial score (nSPS) is 11.6. The first-order valence-electron chi connectivity index (χ1n) is 15.2. The van der Waals surface area contributed by atoms with Crippen LogP contribution in [0.25, 0.3) is 22.3 Å². The monoisotopic (exact) mass is 676 g/mol. The van der Waals surface area contributed by atoms with Crippen LogP contribution in [-0.2, 0) is 22.5 Å². The molecule has 0 aliphatic heterocycles. The summed E-state index contributed by atoms with van der Waals surface area (Å²) in [6, 6.07) is 18.1. The number of carbonyl (C=O) groups excluding carboxylic acids is 1.